The minimum atomic E-state index is -0.127. The lowest BCUT2D eigenvalue weighted by molar-refractivity contribution is -0.129. The molecule has 2 heterocycles. The molecule has 6 nitrogen and oxygen atoms in total. The normalized spacial score (nSPS) is 23.6. The molecule has 30 heavy (non-hydrogen) atoms. The van der Waals surface area contributed by atoms with Crippen LogP contribution in [0.2, 0.25) is 5.02 Å². The van der Waals surface area contributed by atoms with E-state index < -0.39 is 0 Å². The van der Waals surface area contributed by atoms with Crippen LogP contribution in [0.4, 0.5) is 5.69 Å². The van der Waals surface area contributed by atoms with Crippen LogP contribution in [0.3, 0.4) is 0 Å². The van der Waals surface area contributed by atoms with Crippen molar-refractivity contribution < 1.29 is 9.59 Å². The van der Waals surface area contributed by atoms with Gasteiger partial charge in [0.1, 0.15) is 0 Å². The van der Waals surface area contributed by atoms with E-state index >= 15 is 0 Å². The molecule has 2 amide bonds. The molecule has 2 fully saturated rings. The van der Waals surface area contributed by atoms with Crippen molar-refractivity contribution in [3.63, 3.8) is 0 Å². The van der Waals surface area contributed by atoms with Crippen LogP contribution in [0.15, 0.2) is 54.6 Å². The summed E-state index contributed by atoms with van der Waals surface area (Å²) in [7, 11) is 0. The molecule has 0 bridgehead atoms. The molecular weight excluding hydrogens is 400 g/mol. The number of benzene rings is 2. The number of amides is 2. The monoisotopic (exact) mass is 426 g/mol. The number of anilines is 1. The van der Waals surface area contributed by atoms with Crippen molar-refractivity contribution in [1.29, 1.82) is 0 Å². The van der Waals surface area contributed by atoms with Crippen molar-refractivity contribution in [3.8, 4) is 0 Å². The van der Waals surface area contributed by atoms with Gasteiger partial charge in [-0.15, -0.1) is 0 Å². The van der Waals surface area contributed by atoms with E-state index in [1.807, 2.05) is 54.6 Å². The van der Waals surface area contributed by atoms with Crippen molar-refractivity contribution in [3.05, 3.63) is 65.2 Å². The van der Waals surface area contributed by atoms with Gasteiger partial charge in [0.2, 0.25) is 11.8 Å². The summed E-state index contributed by atoms with van der Waals surface area (Å²) in [4.78, 5) is 27.0. The molecule has 2 aliphatic heterocycles. The number of fused-ring (bicyclic) bond motifs is 1. The van der Waals surface area contributed by atoms with E-state index in [-0.39, 0.29) is 29.9 Å². The number of para-hydroxylation sites is 1. The molecule has 3 atom stereocenters. The minimum Gasteiger partial charge on any atom is -0.353 e. The number of piperazine rings is 1. The molecule has 2 aromatic carbocycles. The summed E-state index contributed by atoms with van der Waals surface area (Å²) in [6.45, 7) is 2.12. The quantitative estimate of drug-likeness (QED) is 0.636. The predicted molar refractivity (Wildman–Crippen MR) is 118 cm³/mol. The molecule has 0 aromatic heterocycles. The van der Waals surface area contributed by atoms with Crippen molar-refractivity contribution in [1.82, 2.24) is 15.5 Å². The van der Waals surface area contributed by atoms with E-state index in [9.17, 15) is 9.59 Å². The van der Waals surface area contributed by atoms with E-state index in [0.717, 1.165) is 42.2 Å². The Bertz CT molecular complexity index is 892. The molecule has 3 N–H and O–H groups in total. The molecule has 2 aromatic rings. The Labute approximate surface area is 182 Å². The van der Waals surface area contributed by atoms with Gasteiger partial charge in [0.05, 0.1) is 6.04 Å². The largest absolute Gasteiger partial charge is 0.353 e. The summed E-state index contributed by atoms with van der Waals surface area (Å²) in [5.74, 6) is 0.0940. The van der Waals surface area contributed by atoms with E-state index in [2.05, 4.69) is 20.9 Å². The van der Waals surface area contributed by atoms with Crippen LogP contribution >= 0.6 is 11.6 Å². The van der Waals surface area contributed by atoms with Crippen molar-refractivity contribution in [2.24, 2.45) is 0 Å². The molecule has 2 aliphatic rings. The maximum Gasteiger partial charge on any atom is 0.237 e. The molecule has 0 aliphatic carbocycles. The number of hydrogen-bond acceptors (Lipinski definition) is 4. The smallest absolute Gasteiger partial charge is 0.237 e. The number of rotatable bonds is 7. The number of carbonyl (C=O) groups is 2. The molecule has 0 saturated carbocycles. The van der Waals surface area contributed by atoms with Gasteiger partial charge >= 0.3 is 0 Å². The van der Waals surface area contributed by atoms with Gasteiger partial charge in [0.15, 0.2) is 0 Å². The average Bonchev–Trinajstić information content (AvgIpc) is 3.18. The van der Waals surface area contributed by atoms with Crippen LogP contribution < -0.4 is 16.0 Å². The molecular formula is C23H27ClN4O2. The van der Waals surface area contributed by atoms with E-state index in [0.29, 0.717) is 13.0 Å². The molecule has 3 unspecified atom stereocenters. The summed E-state index contributed by atoms with van der Waals surface area (Å²) in [6, 6.07) is 17.6. The highest BCUT2D eigenvalue weighted by molar-refractivity contribution is 6.30. The summed E-state index contributed by atoms with van der Waals surface area (Å²) >= 11 is 6.07. The van der Waals surface area contributed by atoms with Gasteiger partial charge in [0.25, 0.3) is 0 Å². The second kappa shape index (κ2) is 9.60. The zero-order valence-corrected chi connectivity index (χ0v) is 17.6. The van der Waals surface area contributed by atoms with Crippen LogP contribution in [0.1, 0.15) is 24.8 Å². The maximum absolute atomic E-state index is 12.4. The number of hydrogen-bond donors (Lipinski definition) is 3. The fraction of sp³-hybridized carbons (Fsp3) is 0.391. The van der Waals surface area contributed by atoms with Crippen molar-refractivity contribution >= 4 is 29.1 Å². The average molecular weight is 427 g/mol. The fourth-order valence-corrected chi connectivity index (χ4v) is 4.56. The fourth-order valence-electron chi connectivity index (χ4n) is 4.34. The summed E-state index contributed by atoms with van der Waals surface area (Å²) in [6.07, 6.45) is 1.93. The van der Waals surface area contributed by atoms with E-state index in [1.54, 1.807) is 0 Å². The van der Waals surface area contributed by atoms with Crippen LogP contribution in [-0.2, 0) is 16.1 Å². The maximum atomic E-state index is 12.4. The van der Waals surface area contributed by atoms with Gasteiger partial charge in [-0.1, -0.05) is 41.9 Å². The molecule has 2 saturated heterocycles. The molecule has 0 radical (unpaired) electrons. The topological polar surface area (TPSA) is 73.5 Å². The van der Waals surface area contributed by atoms with Gasteiger partial charge in [-0.3, -0.25) is 14.5 Å². The Balaban J connectivity index is 1.30. The van der Waals surface area contributed by atoms with Crippen LogP contribution in [-0.4, -0.2) is 47.9 Å². The molecule has 7 heteroatoms. The van der Waals surface area contributed by atoms with E-state index in [1.165, 1.54) is 0 Å². The predicted octanol–water partition coefficient (Wildman–Crippen LogP) is 2.79. The van der Waals surface area contributed by atoms with Crippen LogP contribution in [0.25, 0.3) is 0 Å². The van der Waals surface area contributed by atoms with E-state index in [4.69, 9.17) is 11.6 Å². The third-order valence-corrected chi connectivity index (χ3v) is 6.10. The van der Waals surface area contributed by atoms with Crippen LogP contribution in [0, 0.1) is 0 Å². The van der Waals surface area contributed by atoms with Crippen molar-refractivity contribution in [2.75, 3.05) is 18.4 Å². The number of halogens is 1. The Kier molecular flexibility index (Phi) is 6.67. The number of nitrogens with one attached hydrogen (secondary N) is 3. The molecule has 4 rings (SSSR count). The highest BCUT2D eigenvalue weighted by atomic mass is 35.5. The van der Waals surface area contributed by atoms with Gasteiger partial charge in [-0.2, -0.15) is 0 Å². The lowest BCUT2D eigenvalue weighted by Crippen LogP contribution is -2.57. The standard InChI is InChI=1S/C23H27ClN4O2/c24-17-6-4-5-16(11-17)13-25-19-12-21-23(30)26-14-20(28(21)15-19)9-10-22(29)27-18-7-2-1-3-8-18/h1-8,11,19-21,25H,9-10,12-15H2,(H,26,30)(H,27,29). The third kappa shape index (κ3) is 5.19. The van der Waals surface area contributed by atoms with Gasteiger partial charge in [-0.25, -0.2) is 0 Å². The Morgan fingerprint density at radius 2 is 2.00 bits per heavy atom. The molecule has 158 valence electrons. The first-order valence-electron chi connectivity index (χ1n) is 10.4. The first-order valence-corrected chi connectivity index (χ1v) is 10.8. The first-order chi connectivity index (χ1) is 14.6. The molecule has 0 spiro atoms. The Morgan fingerprint density at radius 3 is 2.80 bits per heavy atom. The highest BCUT2D eigenvalue weighted by Crippen LogP contribution is 2.26. The van der Waals surface area contributed by atoms with Gasteiger partial charge in [0, 0.05) is 48.8 Å². The number of carbonyl (C=O) groups excluding carboxylic acids is 2. The second-order valence-electron chi connectivity index (χ2n) is 8.01. The lowest BCUT2D eigenvalue weighted by Gasteiger charge is -2.37. The minimum absolute atomic E-state index is 0.00415. The zero-order chi connectivity index (χ0) is 20.9. The summed E-state index contributed by atoms with van der Waals surface area (Å²) in [5, 5.41) is 10.2. The Hall–Kier alpha value is -2.41. The lowest BCUT2D eigenvalue weighted by atomic mass is 10.0. The zero-order valence-electron chi connectivity index (χ0n) is 16.8. The summed E-state index contributed by atoms with van der Waals surface area (Å²) in [5.41, 5.74) is 1.94. The summed E-state index contributed by atoms with van der Waals surface area (Å²) < 4.78 is 0. The number of nitrogens with zero attached hydrogens (tertiary/aromatic N) is 1. The Morgan fingerprint density at radius 1 is 1.17 bits per heavy atom. The van der Waals surface area contributed by atoms with Crippen LogP contribution in [0.5, 0.6) is 0 Å². The second-order valence-corrected chi connectivity index (χ2v) is 8.44. The third-order valence-electron chi connectivity index (χ3n) is 5.87. The van der Waals surface area contributed by atoms with Crippen molar-refractivity contribution in [2.45, 2.75) is 43.9 Å². The highest BCUT2D eigenvalue weighted by Gasteiger charge is 2.43. The SMILES string of the molecule is O=C(CCC1CNC(=O)C2CC(NCc3cccc(Cl)c3)CN12)Nc1ccccc1. The van der Waals surface area contributed by atoms with Gasteiger partial charge in [-0.05, 0) is 42.7 Å². The first kappa shape index (κ1) is 20.8. The van der Waals surface area contributed by atoms with Gasteiger partial charge < -0.3 is 16.0 Å².